The minimum absolute atomic E-state index is 0.140. The molecule has 1 aromatic rings. The number of aryl methyl sites for hydroxylation is 1. The van der Waals surface area contributed by atoms with Crippen molar-refractivity contribution in [3.8, 4) is 0 Å². The van der Waals surface area contributed by atoms with Gasteiger partial charge in [-0.2, -0.15) is 8.42 Å². The molecule has 0 saturated carbocycles. The fourth-order valence-corrected chi connectivity index (χ4v) is 3.08. The van der Waals surface area contributed by atoms with Crippen LogP contribution in [0.3, 0.4) is 0 Å². The van der Waals surface area contributed by atoms with Crippen molar-refractivity contribution >= 4 is 10.1 Å². The highest BCUT2D eigenvalue weighted by Gasteiger charge is 2.14. The molecular weight excluding hydrogens is 340 g/mol. The van der Waals surface area contributed by atoms with Crippen LogP contribution in [-0.2, 0) is 23.8 Å². The first-order chi connectivity index (χ1) is 12.1. The summed E-state index contributed by atoms with van der Waals surface area (Å²) in [6.07, 6.45) is 6.01. The summed E-state index contributed by atoms with van der Waals surface area (Å²) in [7, 11) is -3.66. The van der Waals surface area contributed by atoms with E-state index in [0.29, 0.717) is 19.6 Å². The van der Waals surface area contributed by atoms with E-state index >= 15 is 0 Å². The molecule has 0 aromatic heterocycles. The molecule has 0 amide bonds. The maximum atomic E-state index is 12.0. The zero-order valence-corrected chi connectivity index (χ0v) is 16.4. The third-order valence-electron chi connectivity index (χ3n) is 3.70. The first-order valence-corrected chi connectivity index (χ1v) is 10.6. The van der Waals surface area contributed by atoms with Gasteiger partial charge in [0.15, 0.2) is 0 Å². The molecule has 0 unspecified atom stereocenters. The van der Waals surface area contributed by atoms with E-state index in [-0.39, 0.29) is 11.5 Å². The lowest BCUT2D eigenvalue weighted by molar-refractivity contribution is 0.107. The van der Waals surface area contributed by atoms with Gasteiger partial charge in [-0.3, -0.25) is 4.18 Å². The molecule has 0 aliphatic rings. The Kier molecular flexibility index (Phi) is 11.7. The van der Waals surface area contributed by atoms with E-state index < -0.39 is 10.1 Å². The number of unbranched alkanes of at least 4 members (excludes halogenated alkanes) is 3. The van der Waals surface area contributed by atoms with Crippen molar-refractivity contribution in [2.45, 2.75) is 57.3 Å². The largest absolute Gasteiger partial charge is 0.381 e. The van der Waals surface area contributed by atoms with Crippen LogP contribution in [0.2, 0.25) is 0 Å². The SMILES string of the molecule is CCCCOCCCCCOCCCOS(=O)(=O)c1ccc(C)cc1. The smallest absolute Gasteiger partial charge is 0.296 e. The van der Waals surface area contributed by atoms with Crippen LogP contribution in [0.15, 0.2) is 29.2 Å². The summed E-state index contributed by atoms with van der Waals surface area (Å²) in [5.41, 5.74) is 1.01. The maximum absolute atomic E-state index is 12.0. The first kappa shape index (κ1) is 22.1. The minimum Gasteiger partial charge on any atom is -0.381 e. The fraction of sp³-hybridized carbons (Fsp3) is 0.684. The summed E-state index contributed by atoms with van der Waals surface area (Å²) in [6.45, 7) is 7.10. The second-order valence-electron chi connectivity index (χ2n) is 6.08. The van der Waals surface area contributed by atoms with Crippen molar-refractivity contribution in [2.24, 2.45) is 0 Å². The number of hydrogen-bond acceptors (Lipinski definition) is 5. The van der Waals surface area contributed by atoms with Crippen LogP contribution >= 0.6 is 0 Å². The van der Waals surface area contributed by atoms with Crippen LogP contribution < -0.4 is 0 Å². The van der Waals surface area contributed by atoms with Crippen LogP contribution in [-0.4, -0.2) is 41.5 Å². The summed E-state index contributed by atoms with van der Waals surface area (Å²) in [6, 6.07) is 6.64. The average molecular weight is 373 g/mol. The van der Waals surface area contributed by atoms with Crippen molar-refractivity contribution in [1.29, 1.82) is 0 Å². The van der Waals surface area contributed by atoms with Gasteiger partial charge in [0.05, 0.1) is 11.5 Å². The van der Waals surface area contributed by atoms with E-state index in [0.717, 1.165) is 44.5 Å². The number of hydrogen-bond donors (Lipinski definition) is 0. The number of ether oxygens (including phenoxy) is 2. The highest BCUT2D eigenvalue weighted by Crippen LogP contribution is 2.13. The zero-order valence-electron chi connectivity index (χ0n) is 15.5. The Balaban J connectivity index is 1.97. The van der Waals surface area contributed by atoms with E-state index in [4.69, 9.17) is 13.7 Å². The van der Waals surface area contributed by atoms with Crippen molar-refractivity contribution in [1.82, 2.24) is 0 Å². The molecule has 144 valence electrons. The standard InChI is InChI=1S/C19H32O5S/c1-3-4-13-22-14-6-5-7-15-23-16-8-17-24-25(20,21)19-11-9-18(2)10-12-19/h9-12H,3-8,13-17H2,1-2H3. The van der Waals surface area contributed by atoms with Crippen LogP contribution in [0.5, 0.6) is 0 Å². The van der Waals surface area contributed by atoms with Gasteiger partial charge in [0.25, 0.3) is 10.1 Å². The van der Waals surface area contributed by atoms with Gasteiger partial charge in [0.1, 0.15) is 0 Å². The maximum Gasteiger partial charge on any atom is 0.296 e. The van der Waals surface area contributed by atoms with Gasteiger partial charge in [-0.1, -0.05) is 31.0 Å². The summed E-state index contributed by atoms with van der Waals surface area (Å²) in [4.78, 5) is 0.195. The van der Waals surface area contributed by atoms with Crippen LogP contribution in [0.4, 0.5) is 0 Å². The lowest BCUT2D eigenvalue weighted by Gasteiger charge is -2.07. The molecule has 0 spiro atoms. The molecule has 0 aliphatic carbocycles. The predicted molar refractivity (Wildman–Crippen MR) is 99.3 cm³/mol. The molecule has 0 atom stereocenters. The fourth-order valence-electron chi connectivity index (χ4n) is 2.14. The first-order valence-electron chi connectivity index (χ1n) is 9.18. The highest BCUT2D eigenvalue weighted by atomic mass is 32.2. The summed E-state index contributed by atoms with van der Waals surface area (Å²) in [5.74, 6) is 0. The van der Waals surface area contributed by atoms with Crippen LogP contribution in [0, 0.1) is 6.92 Å². The second-order valence-corrected chi connectivity index (χ2v) is 7.70. The molecular formula is C19H32O5S. The predicted octanol–water partition coefficient (Wildman–Crippen LogP) is 4.09. The molecule has 0 saturated heterocycles. The van der Waals surface area contributed by atoms with E-state index in [9.17, 15) is 8.42 Å². The van der Waals surface area contributed by atoms with Gasteiger partial charge in [0.2, 0.25) is 0 Å². The van der Waals surface area contributed by atoms with Gasteiger partial charge in [-0.15, -0.1) is 0 Å². The molecule has 25 heavy (non-hydrogen) atoms. The molecule has 1 aromatic carbocycles. The van der Waals surface area contributed by atoms with Crippen LogP contribution in [0.25, 0.3) is 0 Å². The Morgan fingerprint density at radius 3 is 1.92 bits per heavy atom. The average Bonchev–Trinajstić information content (AvgIpc) is 2.59. The summed E-state index contributed by atoms with van der Waals surface area (Å²) >= 11 is 0. The van der Waals surface area contributed by atoms with Gasteiger partial charge in [-0.25, -0.2) is 0 Å². The normalized spacial score (nSPS) is 11.8. The Hall–Kier alpha value is -0.950. The van der Waals surface area contributed by atoms with Crippen molar-refractivity contribution < 1.29 is 22.1 Å². The van der Waals surface area contributed by atoms with Crippen molar-refractivity contribution in [2.75, 3.05) is 33.0 Å². The topological polar surface area (TPSA) is 61.8 Å². The second kappa shape index (κ2) is 13.3. The van der Waals surface area contributed by atoms with E-state index in [1.807, 2.05) is 6.92 Å². The number of rotatable bonds is 15. The number of benzene rings is 1. The minimum atomic E-state index is -3.66. The quantitative estimate of drug-likeness (QED) is 0.343. The Morgan fingerprint density at radius 2 is 1.32 bits per heavy atom. The molecule has 0 fully saturated rings. The van der Waals surface area contributed by atoms with Gasteiger partial charge in [-0.05, 0) is 51.2 Å². The third kappa shape index (κ3) is 10.6. The van der Waals surface area contributed by atoms with Crippen molar-refractivity contribution in [3.63, 3.8) is 0 Å². The lowest BCUT2D eigenvalue weighted by Crippen LogP contribution is -2.09. The molecule has 6 heteroatoms. The molecule has 0 heterocycles. The Labute approximate surface area is 152 Å². The molecule has 1 rings (SSSR count). The van der Waals surface area contributed by atoms with E-state index in [1.54, 1.807) is 24.3 Å². The van der Waals surface area contributed by atoms with Gasteiger partial charge >= 0.3 is 0 Å². The van der Waals surface area contributed by atoms with E-state index in [2.05, 4.69) is 6.92 Å². The van der Waals surface area contributed by atoms with Gasteiger partial charge in [0, 0.05) is 26.4 Å². The highest BCUT2D eigenvalue weighted by molar-refractivity contribution is 7.86. The Morgan fingerprint density at radius 1 is 0.760 bits per heavy atom. The zero-order chi connectivity index (χ0) is 18.4. The Bertz CT molecular complexity index is 539. The molecule has 0 radical (unpaired) electrons. The summed E-state index contributed by atoms with van der Waals surface area (Å²) in [5, 5.41) is 0. The molecule has 0 aliphatic heterocycles. The molecule has 0 bridgehead atoms. The van der Waals surface area contributed by atoms with Crippen molar-refractivity contribution in [3.05, 3.63) is 29.8 Å². The lowest BCUT2D eigenvalue weighted by atomic mass is 10.2. The molecule has 5 nitrogen and oxygen atoms in total. The van der Waals surface area contributed by atoms with Crippen LogP contribution in [0.1, 0.15) is 51.0 Å². The summed E-state index contributed by atoms with van der Waals surface area (Å²) < 4.78 is 40.0. The third-order valence-corrected chi connectivity index (χ3v) is 5.03. The van der Waals surface area contributed by atoms with Gasteiger partial charge < -0.3 is 9.47 Å². The van der Waals surface area contributed by atoms with E-state index in [1.165, 1.54) is 6.42 Å². The molecule has 0 N–H and O–H groups in total. The monoisotopic (exact) mass is 372 g/mol.